The molecule has 0 bridgehead atoms. The molecule has 1 fully saturated rings. The van der Waals surface area contributed by atoms with Gasteiger partial charge in [-0.1, -0.05) is 18.6 Å². The van der Waals surface area contributed by atoms with Gasteiger partial charge in [-0.3, -0.25) is 9.69 Å². The van der Waals surface area contributed by atoms with Crippen LogP contribution in [0.25, 0.3) is 10.9 Å². The van der Waals surface area contributed by atoms with E-state index in [4.69, 9.17) is 0 Å². The first-order chi connectivity index (χ1) is 15.4. The van der Waals surface area contributed by atoms with Crippen LogP contribution in [-0.2, 0) is 6.54 Å². The van der Waals surface area contributed by atoms with Gasteiger partial charge in [0.25, 0.3) is 5.56 Å². The smallest absolute Gasteiger partial charge is 0.322 e. The zero-order valence-electron chi connectivity index (χ0n) is 18.5. The molecule has 7 heteroatoms. The second-order valence-corrected chi connectivity index (χ2v) is 8.46. The zero-order valence-corrected chi connectivity index (χ0v) is 18.5. The molecule has 6 nitrogen and oxygen atoms in total. The van der Waals surface area contributed by atoms with Crippen molar-refractivity contribution in [3.8, 4) is 0 Å². The molecule has 168 valence electrons. The standard InChI is InChI=1S/C25H29FN4O2/c1-3-29-12-4-5-22(29)16-30(25(32)27-21-9-7-20(26)8-10-21)15-19-14-18-13-17(2)6-11-23(18)28-24(19)31/h6-11,13-14,22H,3-5,12,15-16H2,1-2H3,(H,27,32)(H,28,31). The number of urea groups is 1. The summed E-state index contributed by atoms with van der Waals surface area (Å²) in [5.41, 5.74) is 2.74. The number of nitrogens with one attached hydrogen (secondary N) is 2. The quantitative estimate of drug-likeness (QED) is 0.598. The van der Waals surface area contributed by atoms with Crippen molar-refractivity contribution in [3.63, 3.8) is 0 Å². The van der Waals surface area contributed by atoms with Crippen molar-refractivity contribution in [3.05, 3.63) is 75.8 Å². The topological polar surface area (TPSA) is 68.4 Å². The molecule has 1 aliphatic rings. The Morgan fingerprint density at radius 3 is 2.75 bits per heavy atom. The fourth-order valence-corrected chi connectivity index (χ4v) is 4.42. The third kappa shape index (κ3) is 4.99. The summed E-state index contributed by atoms with van der Waals surface area (Å²) in [5, 5.41) is 3.79. The molecule has 2 heterocycles. The number of fused-ring (bicyclic) bond motifs is 1. The Morgan fingerprint density at radius 2 is 2.00 bits per heavy atom. The van der Waals surface area contributed by atoms with Crippen LogP contribution < -0.4 is 10.9 Å². The number of rotatable bonds is 6. The molecule has 0 radical (unpaired) electrons. The largest absolute Gasteiger partial charge is 0.322 e. The number of pyridine rings is 1. The number of anilines is 1. The van der Waals surface area contributed by atoms with Crippen LogP contribution >= 0.6 is 0 Å². The third-order valence-electron chi connectivity index (χ3n) is 6.16. The molecule has 0 aliphatic carbocycles. The third-order valence-corrected chi connectivity index (χ3v) is 6.16. The lowest BCUT2D eigenvalue weighted by Crippen LogP contribution is -2.45. The van der Waals surface area contributed by atoms with Gasteiger partial charge in [0.15, 0.2) is 0 Å². The number of hydrogen-bond donors (Lipinski definition) is 2. The second-order valence-electron chi connectivity index (χ2n) is 8.46. The number of likely N-dealkylation sites (N-methyl/N-ethyl adjacent to an activating group) is 1. The van der Waals surface area contributed by atoms with E-state index in [0.717, 1.165) is 42.4 Å². The van der Waals surface area contributed by atoms with Crippen molar-refractivity contribution in [1.82, 2.24) is 14.8 Å². The van der Waals surface area contributed by atoms with E-state index in [-0.39, 0.29) is 30.0 Å². The molecule has 1 unspecified atom stereocenters. The average molecular weight is 437 g/mol. The molecule has 1 atom stereocenters. The number of aromatic nitrogens is 1. The number of aryl methyl sites for hydroxylation is 1. The maximum Gasteiger partial charge on any atom is 0.322 e. The monoisotopic (exact) mass is 436 g/mol. The molecule has 1 aromatic heterocycles. The van der Waals surface area contributed by atoms with Gasteiger partial charge in [-0.15, -0.1) is 0 Å². The highest BCUT2D eigenvalue weighted by Crippen LogP contribution is 2.20. The van der Waals surface area contributed by atoms with Gasteiger partial charge in [0, 0.05) is 29.4 Å². The predicted molar refractivity (Wildman–Crippen MR) is 125 cm³/mol. The molecule has 1 saturated heterocycles. The summed E-state index contributed by atoms with van der Waals surface area (Å²) in [5.74, 6) is -0.359. The Kier molecular flexibility index (Phi) is 6.55. The molecule has 4 rings (SSSR count). The molecule has 2 N–H and O–H groups in total. The Bertz CT molecular complexity index is 1160. The predicted octanol–water partition coefficient (Wildman–Crippen LogP) is 4.49. The number of likely N-dealkylation sites (tertiary alicyclic amines) is 1. The minimum absolute atomic E-state index is 0.195. The molecular weight excluding hydrogens is 407 g/mol. The zero-order chi connectivity index (χ0) is 22.7. The number of amides is 2. The van der Waals surface area contributed by atoms with Gasteiger partial charge >= 0.3 is 6.03 Å². The lowest BCUT2D eigenvalue weighted by molar-refractivity contribution is 0.174. The molecule has 2 aromatic carbocycles. The minimum atomic E-state index is -0.359. The van der Waals surface area contributed by atoms with E-state index in [0.29, 0.717) is 17.8 Å². The number of carbonyl (C=O) groups excluding carboxylic acids is 1. The molecular formula is C25H29FN4O2. The van der Waals surface area contributed by atoms with Gasteiger partial charge in [-0.05, 0) is 80.7 Å². The van der Waals surface area contributed by atoms with Crippen molar-refractivity contribution >= 4 is 22.6 Å². The summed E-state index contributed by atoms with van der Waals surface area (Å²) in [4.78, 5) is 33.0. The highest BCUT2D eigenvalue weighted by atomic mass is 19.1. The van der Waals surface area contributed by atoms with E-state index in [2.05, 4.69) is 22.1 Å². The molecule has 3 aromatic rings. The number of aromatic amines is 1. The summed E-state index contributed by atoms with van der Waals surface area (Å²) < 4.78 is 13.3. The van der Waals surface area contributed by atoms with Crippen LogP contribution in [0.5, 0.6) is 0 Å². The molecule has 0 spiro atoms. The normalized spacial score (nSPS) is 16.4. The van der Waals surface area contributed by atoms with Crippen molar-refractivity contribution in [2.45, 2.75) is 39.3 Å². The second kappa shape index (κ2) is 9.53. The van der Waals surface area contributed by atoms with Gasteiger partial charge in [-0.25, -0.2) is 9.18 Å². The lowest BCUT2D eigenvalue weighted by atomic mass is 10.1. The number of nitrogens with zero attached hydrogens (tertiary/aromatic N) is 2. The van der Waals surface area contributed by atoms with Gasteiger partial charge in [0.1, 0.15) is 5.82 Å². The fraction of sp³-hybridized carbons (Fsp3) is 0.360. The Hall–Kier alpha value is -3.19. The summed E-state index contributed by atoms with van der Waals surface area (Å²) in [7, 11) is 0. The Morgan fingerprint density at radius 1 is 1.22 bits per heavy atom. The number of hydrogen-bond acceptors (Lipinski definition) is 3. The van der Waals surface area contributed by atoms with Crippen LogP contribution in [0.2, 0.25) is 0 Å². The van der Waals surface area contributed by atoms with Crippen molar-refractivity contribution in [1.29, 1.82) is 0 Å². The van der Waals surface area contributed by atoms with Crippen LogP contribution in [0.1, 0.15) is 30.9 Å². The van der Waals surface area contributed by atoms with Gasteiger partial charge < -0.3 is 15.2 Å². The van der Waals surface area contributed by atoms with E-state index >= 15 is 0 Å². The van der Waals surface area contributed by atoms with E-state index in [9.17, 15) is 14.0 Å². The Balaban J connectivity index is 1.61. The first-order valence-corrected chi connectivity index (χ1v) is 11.1. The average Bonchev–Trinajstić information content (AvgIpc) is 3.22. The minimum Gasteiger partial charge on any atom is -0.322 e. The molecule has 1 aliphatic heterocycles. The van der Waals surface area contributed by atoms with Crippen molar-refractivity contribution in [2.75, 3.05) is 25.0 Å². The van der Waals surface area contributed by atoms with Gasteiger partial charge in [-0.2, -0.15) is 0 Å². The first-order valence-electron chi connectivity index (χ1n) is 11.1. The lowest BCUT2D eigenvalue weighted by Gasteiger charge is -2.30. The number of benzene rings is 2. The fourth-order valence-electron chi connectivity index (χ4n) is 4.42. The molecule has 0 saturated carbocycles. The number of carbonyl (C=O) groups is 1. The molecule has 2 amide bonds. The SMILES string of the molecule is CCN1CCCC1CN(Cc1cc2cc(C)ccc2[nH]c1=O)C(=O)Nc1ccc(F)cc1. The number of H-pyrrole nitrogens is 1. The summed E-state index contributed by atoms with van der Waals surface area (Å²) in [6.07, 6.45) is 2.11. The van der Waals surface area contributed by atoms with Crippen LogP contribution in [0, 0.1) is 12.7 Å². The summed E-state index contributed by atoms with van der Waals surface area (Å²) in [6, 6.07) is 13.4. The van der Waals surface area contributed by atoms with Crippen LogP contribution in [0.3, 0.4) is 0 Å². The van der Waals surface area contributed by atoms with Crippen molar-refractivity contribution < 1.29 is 9.18 Å². The van der Waals surface area contributed by atoms with Gasteiger partial charge in [0.2, 0.25) is 0 Å². The van der Waals surface area contributed by atoms with Crippen LogP contribution in [0.4, 0.5) is 14.9 Å². The first kappa shape index (κ1) is 22.0. The highest BCUT2D eigenvalue weighted by molar-refractivity contribution is 5.89. The van der Waals surface area contributed by atoms with E-state index in [1.165, 1.54) is 24.3 Å². The van der Waals surface area contributed by atoms with Crippen molar-refractivity contribution in [2.24, 2.45) is 0 Å². The maximum absolute atomic E-state index is 13.3. The maximum atomic E-state index is 13.3. The van der Waals surface area contributed by atoms with E-state index < -0.39 is 0 Å². The van der Waals surface area contributed by atoms with Crippen LogP contribution in [0.15, 0.2) is 53.3 Å². The summed E-state index contributed by atoms with van der Waals surface area (Å²) in [6.45, 7) is 6.79. The highest BCUT2D eigenvalue weighted by Gasteiger charge is 2.28. The summed E-state index contributed by atoms with van der Waals surface area (Å²) >= 11 is 0. The molecule has 32 heavy (non-hydrogen) atoms. The van der Waals surface area contributed by atoms with E-state index in [1.807, 2.05) is 31.2 Å². The van der Waals surface area contributed by atoms with E-state index in [1.54, 1.807) is 4.90 Å². The van der Waals surface area contributed by atoms with Gasteiger partial charge in [0.05, 0.1) is 6.54 Å². The Labute approximate surface area is 187 Å². The van der Waals surface area contributed by atoms with Crippen LogP contribution in [-0.4, -0.2) is 46.5 Å². The number of halogens is 1.